The molecular weight excluding hydrogens is 246 g/mol. The standard InChI is InChI=1S/C18H21NO/c1-12-8-9-13(2)16(11-12)17(19)15-7-3-5-14-6-4-10-20-18(14)15/h3,5,7-9,11,17H,4,6,10,19H2,1-2H3. The van der Waals surface area contributed by atoms with Gasteiger partial charge in [-0.25, -0.2) is 0 Å². The monoisotopic (exact) mass is 267 g/mol. The molecule has 1 aliphatic rings. The lowest BCUT2D eigenvalue weighted by Crippen LogP contribution is -2.18. The Labute approximate surface area is 120 Å². The Hall–Kier alpha value is -1.80. The highest BCUT2D eigenvalue weighted by Crippen LogP contribution is 2.35. The molecule has 0 saturated heterocycles. The van der Waals surface area contributed by atoms with Crippen LogP contribution in [0.5, 0.6) is 5.75 Å². The summed E-state index contributed by atoms with van der Waals surface area (Å²) in [6, 6.07) is 12.7. The van der Waals surface area contributed by atoms with Crippen molar-refractivity contribution >= 4 is 0 Å². The predicted molar refractivity (Wildman–Crippen MR) is 82.2 cm³/mol. The summed E-state index contributed by atoms with van der Waals surface area (Å²) in [5.41, 5.74) is 12.6. The van der Waals surface area contributed by atoms with Crippen LogP contribution in [0.15, 0.2) is 36.4 Å². The highest BCUT2D eigenvalue weighted by molar-refractivity contribution is 5.49. The molecule has 2 heteroatoms. The molecule has 1 aliphatic heterocycles. The normalized spacial score (nSPS) is 15.3. The second-order valence-corrected chi connectivity index (χ2v) is 5.63. The predicted octanol–water partition coefficient (Wildman–Crippen LogP) is 3.68. The third-order valence-electron chi connectivity index (χ3n) is 4.07. The van der Waals surface area contributed by atoms with E-state index in [1.807, 2.05) is 0 Å². The molecule has 0 amide bonds. The van der Waals surface area contributed by atoms with Gasteiger partial charge in [-0.1, -0.05) is 42.0 Å². The summed E-state index contributed by atoms with van der Waals surface area (Å²) < 4.78 is 5.89. The van der Waals surface area contributed by atoms with E-state index in [0.717, 1.165) is 30.8 Å². The molecule has 104 valence electrons. The second kappa shape index (κ2) is 5.29. The Kier molecular flexibility index (Phi) is 3.49. The van der Waals surface area contributed by atoms with Gasteiger partial charge in [0.05, 0.1) is 12.6 Å². The molecule has 0 bridgehead atoms. The Bertz CT molecular complexity index is 633. The SMILES string of the molecule is Cc1ccc(C)c(C(N)c2cccc3c2OCCC3)c1. The van der Waals surface area contributed by atoms with E-state index >= 15 is 0 Å². The van der Waals surface area contributed by atoms with Gasteiger partial charge in [0.2, 0.25) is 0 Å². The molecule has 0 aliphatic carbocycles. The molecule has 0 spiro atoms. The number of nitrogens with two attached hydrogens (primary N) is 1. The summed E-state index contributed by atoms with van der Waals surface area (Å²) in [6.45, 7) is 5.01. The second-order valence-electron chi connectivity index (χ2n) is 5.63. The Morgan fingerprint density at radius 3 is 2.80 bits per heavy atom. The lowest BCUT2D eigenvalue weighted by atomic mass is 9.91. The van der Waals surface area contributed by atoms with Crippen LogP contribution in [0.25, 0.3) is 0 Å². The zero-order valence-electron chi connectivity index (χ0n) is 12.1. The van der Waals surface area contributed by atoms with Gasteiger partial charge in [0.25, 0.3) is 0 Å². The number of rotatable bonds is 2. The number of aryl methyl sites for hydroxylation is 3. The number of ether oxygens (including phenoxy) is 1. The zero-order valence-corrected chi connectivity index (χ0v) is 12.1. The van der Waals surface area contributed by atoms with E-state index in [1.165, 1.54) is 22.3 Å². The van der Waals surface area contributed by atoms with E-state index < -0.39 is 0 Å². The lowest BCUT2D eigenvalue weighted by Gasteiger charge is -2.24. The van der Waals surface area contributed by atoms with Crippen molar-refractivity contribution in [3.63, 3.8) is 0 Å². The Balaban J connectivity index is 2.06. The number of fused-ring (bicyclic) bond motifs is 1. The first-order chi connectivity index (χ1) is 9.66. The summed E-state index contributed by atoms with van der Waals surface area (Å²) in [6.07, 6.45) is 2.18. The van der Waals surface area contributed by atoms with Gasteiger partial charge in [-0.3, -0.25) is 0 Å². The number of benzene rings is 2. The van der Waals surface area contributed by atoms with Crippen LogP contribution >= 0.6 is 0 Å². The molecule has 2 N–H and O–H groups in total. The largest absolute Gasteiger partial charge is 0.493 e. The van der Waals surface area contributed by atoms with Crippen LogP contribution in [0, 0.1) is 13.8 Å². The van der Waals surface area contributed by atoms with Crippen molar-refractivity contribution in [3.8, 4) is 5.75 Å². The van der Waals surface area contributed by atoms with E-state index in [1.54, 1.807) is 0 Å². The fourth-order valence-electron chi connectivity index (χ4n) is 2.92. The first kappa shape index (κ1) is 13.2. The minimum atomic E-state index is -0.122. The molecule has 1 unspecified atom stereocenters. The average Bonchev–Trinajstić information content (AvgIpc) is 2.48. The first-order valence-corrected chi connectivity index (χ1v) is 7.24. The van der Waals surface area contributed by atoms with Crippen molar-refractivity contribution in [2.45, 2.75) is 32.7 Å². The van der Waals surface area contributed by atoms with Crippen LogP contribution in [0.4, 0.5) is 0 Å². The summed E-state index contributed by atoms with van der Waals surface area (Å²) in [7, 11) is 0. The van der Waals surface area contributed by atoms with Gasteiger partial charge >= 0.3 is 0 Å². The van der Waals surface area contributed by atoms with Gasteiger partial charge in [-0.05, 0) is 43.4 Å². The zero-order chi connectivity index (χ0) is 14.1. The van der Waals surface area contributed by atoms with Crippen molar-refractivity contribution in [1.29, 1.82) is 0 Å². The number of hydrogen-bond acceptors (Lipinski definition) is 2. The van der Waals surface area contributed by atoms with E-state index in [2.05, 4.69) is 50.2 Å². The molecule has 20 heavy (non-hydrogen) atoms. The van der Waals surface area contributed by atoms with Crippen molar-refractivity contribution in [2.75, 3.05) is 6.61 Å². The quantitative estimate of drug-likeness (QED) is 0.901. The maximum absolute atomic E-state index is 6.53. The van der Waals surface area contributed by atoms with Gasteiger partial charge in [0, 0.05) is 5.56 Å². The topological polar surface area (TPSA) is 35.2 Å². The van der Waals surface area contributed by atoms with Crippen LogP contribution in [-0.2, 0) is 6.42 Å². The first-order valence-electron chi connectivity index (χ1n) is 7.24. The highest BCUT2D eigenvalue weighted by atomic mass is 16.5. The molecule has 1 atom stereocenters. The van der Waals surface area contributed by atoms with Crippen LogP contribution in [-0.4, -0.2) is 6.61 Å². The molecule has 0 saturated carbocycles. The minimum absolute atomic E-state index is 0.122. The molecule has 2 nitrogen and oxygen atoms in total. The highest BCUT2D eigenvalue weighted by Gasteiger charge is 2.20. The van der Waals surface area contributed by atoms with Crippen LogP contribution in [0.1, 0.15) is 40.3 Å². The molecule has 2 aromatic rings. The molecular formula is C18H21NO. The summed E-state index contributed by atoms with van der Waals surface area (Å²) in [5.74, 6) is 1.01. The van der Waals surface area contributed by atoms with E-state index in [4.69, 9.17) is 10.5 Å². The van der Waals surface area contributed by atoms with Crippen molar-refractivity contribution < 1.29 is 4.74 Å². The number of para-hydroxylation sites is 1. The van der Waals surface area contributed by atoms with Crippen LogP contribution in [0.3, 0.4) is 0 Å². The Morgan fingerprint density at radius 1 is 1.10 bits per heavy atom. The van der Waals surface area contributed by atoms with Gasteiger partial charge < -0.3 is 10.5 Å². The molecule has 0 fully saturated rings. The van der Waals surface area contributed by atoms with Crippen molar-refractivity contribution in [1.82, 2.24) is 0 Å². The molecule has 1 heterocycles. The maximum Gasteiger partial charge on any atom is 0.127 e. The van der Waals surface area contributed by atoms with Crippen LogP contribution in [0.2, 0.25) is 0 Å². The summed E-state index contributed by atoms with van der Waals surface area (Å²) in [4.78, 5) is 0. The Morgan fingerprint density at radius 2 is 1.95 bits per heavy atom. The number of hydrogen-bond donors (Lipinski definition) is 1. The smallest absolute Gasteiger partial charge is 0.127 e. The van der Waals surface area contributed by atoms with Gasteiger partial charge in [-0.15, -0.1) is 0 Å². The van der Waals surface area contributed by atoms with Gasteiger partial charge in [0.1, 0.15) is 5.75 Å². The lowest BCUT2D eigenvalue weighted by molar-refractivity contribution is 0.284. The summed E-state index contributed by atoms with van der Waals surface area (Å²) >= 11 is 0. The van der Waals surface area contributed by atoms with Crippen molar-refractivity contribution in [2.24, 2.45) is 5.73 Å². The third-order valence-corrected chi connectivity index (χ3v) is 4.07. The van der Waals surface area contributed by atoms with E-state index in [0.29, 0.717) is 0 Å². The molecule has 2 aromatic carbocycles. The fraction of sp³-hybridized carbons (Fsp3) is 0.333. The third kappa shape index (κ3) is 2.32. The van der Waals surface area contributed by atoms with Gasteiger partial charge in [-0.2, -0.15) is 0 Å². The van der Waals surface area contributed by atoms with Gasteiger partial charge in [0.15, 0.2) is 0 Å². The molecule has 0 radical (unpaired) electrons. The fourth-order valence-corrected chi connectivity index (χ4v) is 2.92. The molecule has 0 aromatic heterocycles. The summed E-state index contributed by atoms with van der Waals surface area (Å²) in [5, 5.41) is 0. The van der Waals surface area contributed by atoms with E-state index in [-0.39, 0.29) is 6.04 Å². The minimum Gasteiger partial charge on any atom is -0.493 e. The van der Waals surface area contributed by atoms with Crippen LogP contribution < -0.4 is 10.5 Å². The average molecular weight is 267 g/mol. The van der Waals surface area contributed by atoms with E-state index in [9.17, 15) is 0 Å². The van der Waals surface area contributed by atoms with Crippen molar-refractivity contribution in [3.05, 3.63) is 64.2 Å². The molecule has 3 rings (SSSR count). The maximum atomic E-state index is 6.53.